The van der Waals surface area contributed by atoms with Gasteiger partial charge in [0.25, 0.3) is 5.56 Å². The number of fused-ring (bicyclic) bond motifs is 1. The Morgan fingerprint density at radius 1 is 1.45 bits per heavy atom. The maximum absolute atomic E-state index is 12.5. The Balaban J connectivity index is 2.80. The summed E-state index contributed by atoms with van der Waals surface area (Å²) in [6.45, 7) is 1.96. The van der Waals surface area contributed by atoms with Crippen LogP contribution in [-0.4, -0.2) is 24.6 Å². The Hall–Kier alpha value is -1.85. The molecule has 0 unspecified atom stereocenters. The highest BCUT2D eigenvalue weighted by molar-refractivity contribution is 9.10. The van der Waals surface area contributed by atoms with E-state index in [9.17, 15) is 9.59 Å². The molecule has 2 heterocycles. The average Bonchev–Trinajstić information content (AvgIpc) is 2.83. The van der Waals surface area contributed by atoms with Gasteiger partial charge in [-0.25, -0.2) is 14.3 Å². The number of alkyl halides is 1. The van der Waals surface area contributed by atoms with E-state index in [1.165, 1.54) is 11.6 Å². The van der Waals surface area contributed by atoms with Crippen LogP contribution in [-0.2, 0) is 20.1 Å². The number of halogens is 2. The summed E-state index contributed by atoms with van der Waals surface area (Å²) in [5.41, 5.74) is 0.395. The lowest BCUT2D eigenvalue weighted by Crippen LogP contribution is -2.39. The molecular formula is C13H13BrClN5O2. The third kappa shape index (κ3) is 2.74. The first-order valence-electron chi connectivity index (χ1n) is 6.36. The minimum atomic E-state index is -0.566. The van der Waals surface area contributed by atoms with Crippen molar-refractivity contribution in [2.75, 3.05) is 5.88 Å². The fraction of sp³-hybridized carbons (Fsp3) is 0.385. The second-order valence-corrected chi connectivity index (χ2v) is 5.72. The van der Waals surface area contributed by atoms with Crippen LogP contribution in [0.15, 0.2) is 26.0 Å². The van der Waals surface area contributed by atoms with Crippen molar-refractivity contribution < 1.29 is 0 Å². The van der Waals surface area contributed by atoms with Crippen LogP contribution in [0, 0.1) is 11.3 Å². The molecule has 0 amide bonds. The van der Waals surface area contributed by atoms with E-state index in [4.69, 9.17) is 16.9 Å². The van der Waals surface area contributed by atoms with Crippen molar-refractivity contribution in [2.45, 2.75) is 20.0 Å². The zero-order valence-electron chi connectivity index (χ0n) is 12.0. The van der Waals surface area contributed by atoms with Crippen LogP contribution >= 0.6 is 27.5 Å². The number of aryl methyl sites for hydroxylation is 1. The minimum Gasteiger partial charge on any atom is -0.309 e. The van der Waals surface area contributed by atoms with E-state index >= 15 is 0 Å². The molecular weight excluding hydrogens is 374 g/mol. The van der Waals surface area contributed by atoms with Crippen molar-refractivity contribution in [1.82, 2.24) is 18.7 Å². The Morgan fingerprint density at radius 3 is 2.73 bits per heavy atom. The van der Waals surface area contributed by atoms with Crippen molar-refractivity contribution >= 4 is 38.7 Å². The van der Waals surface area contributed by atoms with Crippen molar-refractivity contribution in [3.63, 3.8) is 0 Å². The summed E-state index contributed by atoms with van der Waals surface area (Å²) >= 11 is 9.04. The van der Waals surface area contributed by atoms with E-state index in [0.717, 1.165) is 10.1 Å². The van der Waals surface area contributed by atoms with E-state index in [2.05, 4.69) is 20.9 Å². The van der Waals surface area contributed by atoms with Gasteiger partial charge in [-0.2, -0.15) is 5.26 Å². The largest absolute Gasteiger partial charge is 0.333 e. The van der Waals surface area contributed by atoms with Gasteiger partial charge in [0, 0.05) is 19.5 Å². The number of allylic oxidation sites excluding steroid dienone is 2. The Labute approximate surface area is 139 Å². The summed E-state index contributed by atoms with van der Waals surface area (Å²) in [6, 6.07) is 1.82. The van der Waals surface area contributed by atoms with Gasteiger partial charge >= 0.3 is 5.69 Å². The van der Waals surface area contributed by atoms with Gasteiger partial charge in [-0.1, -0.05) is 11.6 Å². The summed E-state index contributed by atoms with van der Waals surface area (Å²) in [4.78, 5) is 28.8. The number of imidazole rings is 1. The molecule has 0 aliphatic carbocycles. The molecule has 116 valence electrons. The summed E-state index contributed by atoms with van der Waals surface area (Å²) in [5, 5.41) is 8.80. The van der Waals surface area contributed by atoms with Crippen LogP contribution in [0.2, 0.25) is 0 Å². The fourth-order valence-corrected chi connectivity index (χ4v) is 2.62. The average molecular weight is 387 g/mol. The Bertz CT molecular complexity index is 916. The monoisotopic (exact) mass is 385 g/mol. The van der Waals surface area contributed by atoms with Crippen LogP contribution in [0.4, 0.5) is 0 Å². The molecule has 2 aromatic heterocycles. The van der Waals surface area contributed by atoms with Gasteiger partial charge in [0.1, 0.15) is 6.54 Å². The molecule has 0 N–H and O–H groups in total. The zero-order valence-corrected chi connectivity index (χ0v) is 14.3. The van der Waals surface area contributed by atoms with Crippen molar-refractivity contribution in [1.29, 1.82) is 5.26 Å². The Kier molecular flexibility index (Phi) is 4.88. The lowest BCUT2D eigenvalue weighted by Gasteiger charge is -2.06. The zero-order chi connectivity index (χ0) is 16.4. The van der Waals surface area contributed by atoms with E-state index in [0.29, 0.717) is 17.2 Å². The van der Waals surface area contributed by atoms with Crippen LogP contribution in [0.25, 0.3) is 11.2 Å². The van der Waals surface area contributed by atoms with Gasteiger partial charge in [0.05, 0.1) is 6.07 Å². The molecule has 0 aliphatic rings. The first-order chi connectivity index (χ1) is 10.4. The van der Waals surface area contributed by atoms with Crippen LogP contribution < -0.4 is 11.2 Å². The number of nitriles is 1. The lowest BCUT2D eigenvalue weighted by molar-refractivity contribution is 0.668. The van der Waals surface area contributed by atoms with Gasteiger partial charge in [-0.3, -0.25) is 9.36 Å². The van der Waals surface area contributed by atoms with Gasteiger partial charge in [0.2, 0.25) is 0 Å². The van der Waals surface area contributed by atoms with Crippen molar-refractivity contribution in [3.05, 3.63) is 37.2 Å². The summed E-state index contributed by atoms with van der Waals surface area (Å²) in [6.07, 6.45) is 1.87. The van der Waals surface area contributed by atoms with E-state index in [1.807, 2.05) is 19.1 Å². The summed E-state index contributed by atoms with van der Waals surface area (Å²) < 4.78 is 4.22. The number of hydrogen-bond acceptors (Lipinski definition) is 4. The molecule has 0 bridgehead atoms. The highest BCUT2D eigenvalue weighted by atomic mass is 79.9. The second-order valence-electron chi connectivity index (χ2n) is 4.74. The van der Waals surface area contributed by atoms with E-state index in [1.54, 1.807) is 4.57 Å². The number of hydrogen-bond donors (Lipinski definition) is 0. The number of aromatic nitrogens is 4. The van der Waals surface area contributed by atoms with Crippen molar-refractivity contribution in [3.8, 4) is 6.07 Å². The molecule has 0 spiro atoms. The van der Waals surface area contributed by atoms with E-state index in [-0.39, 0.29) is 17.7 Å². The SMILES string of the molecule is C/C(=C/Cn1c(Br)nc2c1c(=O)n(CC#N)c(=O)n2C)CCl. The molecule has 22 heavy (non-hydrogen) atoms. The molecule has 0 aliphatic heterocycles. The lowest BCUT2D eigenvalue weighted by atomic mass is 10.3. The van der Waals surface area contributed by atoms with Crippen LogP contribution in [0.3, 0.4) is 0 Å². The molecule has 0 fully saturated rings. The number of nitrogens with zero attached hydrogens (tertiary/aromatic N) is 5. The van der Waals surface area contributed by atoms with Gasteiger partial charge in [-0.15, -0.1) is 11.6 Å². The van der Waals surface area contributed by atoms with Crippen molar-refractivity contribution in [2.24, 2.45) is 7.05 Å². The molecule has 0 saturated carbocycles. The normalized spacial score (nSPS) is 11.9. The third-order valence-electron chi connectivity index (χ3n) is 3.25. The van der Waals surface area contributed by atoms with Crippen LogP contribution in [0.5, 0.6) is 0 Å². The highest BCUT2D eigenvalue weighted by Gasteiger charge is 2.18. The number of rotatable bonds is 4. The summed E-state index contributed by atoms with van der Waals surface area (Å²) in [5.74, 6) is 0.390. The molecule has 0 radical (unpaired) electrons. The molecule has 2 rings (SSSR count). The predicted octanol–water partition coefficient (Wildman–Crippen LogP) is 1.37. The first kappa shape index (κ1) is 16.5. The minimum absolute atomic E-state index is 0.267. The smallest absolute Gasteiger partial charge is 0.309 e. The molecule has 0 saturated heterocycles. The van der Waals surface area contributed by atoms with E-state index < -0.39 is 11.2 Å². The predicted molar refractivity (Wildman–Crippen MR) is 87.0 cm³/mol. The van der Waals surface area contributed by atoms with Gasteiger partial charge in [-0.05, 0) is 22.9 Å². The topological polar surface area (TPSA) is 85.6 Å². The van der Waals surface area contributed by atoms with Crippen LogP contribution in [0.1, 0.15) is 6.92 Å². The summed E-state index contributed by atoms with van der Waals surface area (Å²) in [7, 11) is 1.52. The molecule has 0 aromatic carbocycles. The third-order valence-corrected chi connectivity index (χ3v) is 4.27. The van der Waals surface area contributed by atoms with Gasteiger partial charge < -0.3 is 4.57 Å². The molecule has 9 heteroatoms. The quantitative estimate of drug-likeness (QED) is 0.451. The highest BCUT2D eigenvalue weighted by Crippen LogP contribution is 2.16. The molecule has 7 nitrogen and oxygen atoms in total. The maximum atomic E-state index is 12.5. The second kappa shape index (κ2) is 6.50. The Morgan fingerprint density at radius 2 is 2.14 bits per heavy atom. The van der Waals surface area contributed by atoms with Gasteiger partial charge in [0.15, 0.2) is 15.9 Å². The first-order valence-corrected chi connectivity index (χ1v) is 7.69. The molecule has 0 atom stereocenters. The fourth-order valence-electron chi connectivity index (χ4n) is 2.02. The standard InChI is InChI=1S/C13H13BrClN5O2/c1-8(7-15)3-5-19-9-10(17-12(19)14)18(2)13(22)20(6-4-16)11(9)21/h3H,5-7H2,1-2H3/b8-3-. The maximum Gasteiger partial charge on any atom is 0.333 e. The molecule has 2 aromatic rings.